The molecular formula is C27H30N2O5. The Balaban J connectivity index is 1.16. The van der Waals surface area contributed by atoms with Crippen molar-refractivity contribution in [3.05, 3.63) is 77.2 Å². The van der Waals surface area contributed by atoms with E-state index in [0.717, 1.165) is 42.0 Å². The fraction of sp³-hybridized carbons (Fsp3) is 0.407. The number of benzene rings is 2. The van der Waals surface area contributed by atoms with Crippen LogP contribution in [0.4, 0.5) is 0 Å². The molecule has 5 rings (SSSR count). The maximum atomic E-state index is 13.2. The topological polar surface area (TPSA) is 74.0 Å². The van der Waals surface area contributed by atoms with E-state index in [0.29, 0.717) is 37.6 Å². The maximum absolute atomic E-state index is 13.2. The number of carbonyl (C=O) groups is 1. The molecule has 34 heavy (non-hydrogen) atoms. The van der Waals surface area contributed by atoms with Crippen LogP contribution in [0.1, 0.15) is 46.6 Å². The van der Waals surface area contributed by atoms with E-state index in [1.165, 1.54) is 0 Å². The first-order valence-electron chi connectivity index (χ1n) is 11.8. The Labute approximate surface area is 199 Å². The second kappa shape index (κ2) is 9.50. The largest absolute Gasteiger partial charge is 0.489 e. The lowest BCUT2D eigenvalue weighted by molar-refractivity contribution is -0.0395. The van der Waals surface area contributed by atoms with Gasteiger partial charge in [0.25, 0.3) is 5.91 Å². The first-order valence-corrected chi connectivity index (χ1v) is 11.8. The molecule has 1 spiro atoms. The number of hydrogen-bond acceptors (Lipinski definition) is 6. The highest BCUT2D eigenvalue weighted by atomic mass is 16.6. The van der Waals surface area contributed by atoms with Crippen LogP contribution in [0.5, 0.6) is 11.5 Å². The molecule has 3 aromatic rings. The second-order valence-corrected chi connectivity index (χ2v) is 9.16. The summed E-state index contributed by atoms with van der Waals surface area (Å²) in [5, 5.41) is 3.96. The third kappa shape index (κ3) is 4.80. The van der Waals surface area contributed by atoms with Crippen molar-refractivity contribution in [1.82, 2.24) is 10.1 Å². The second-order valence-electron chi connectivity index (χ2n) is 9.16. The highest BCUT2D eigenvalue weighted by Crippen LogP contribution is 2.37. The van der Waals surface area contributed by atoms with Gasteiger partial charge in [-0.25, -0.2) is 0 Å². The van der Waals surface area contributed by atoms with Gasteiger partial charge in [-0.1, -0.05) is 29.4 Å². The minimum Gasteiger partial charge on any atom is -0.489 e. The molecular weight excluding hydrogens is 432 g/mol. The molecule has 7 heteroatoms. The average Bonchev–Trinajstić information content (AvgIpc) is 3.40. The molecule has 2 fully saturated rings. The normalized spacial score (nSPS) is 19.4. The summed E-state index contributed by atoms with van der Waals surface area (Å²) in [6.07, 6.45) is 2.54. The molecule has 2 aliphatic heterocycles. The van der Waals surface area contributed by atoms with Crippen LogP contribution in [0.2, 0.25) is 0 Å². The average molecular weight is 463 g/mol. The highest BCUT2D eigenvalue weighted by Gasteiger charge is 2.44. The number of ether oxygens (including phenoxy) is 3. The molecule has 0 aliphatic carbocycles. The van der Waals surface area contributed by atoms with Crippen LogP contribution >= 0.6 is 0 Å². The molecule has 1 amide bonds. The molecule has 7 nitrogen and oxygen atoms in total. The number of aryl methyl sites for hydroxylation is 2. The van der Waals surface area contributed by atoms with Crippen molar-refractivity contribution < 1.29 is 23.5 Å². The van der Waals surface area contributed by atoms with Crippen LogP contribution in [0.25, 0.3) is 0 Å². The van der Waals surface area contributed by atoms with Crippen molar-refractivity contribution in [2.75, 3.05) is 19.7 Å². The Bertz CT molecular complexity index is 1120. The highest BCUT2D eigenvalue weighted by molar-refractivity contribution is 5.94. The first kappa shape index (κ1) is 22.5. The molecule has 3 heterocycles. The van der Waals surface area contributed by atoms with Crippen LogP contribution in [0.3, 0.4) is 0 Å². The number of hydrogen-bond donors (Lipinski definition) is 0. The number of aromatic nitrogens is 1. The van der Waals surface area contributed by atoms with Gasteiger partial charge in [0.15, 0.2) is 0 Å². The summed E-state index contributed by atoms with van der Waals surface area (Å²) in [6, 6.07) is 17.2. The van der Waals surface area contributed by atoms with Crippen LogP contribution < -0.4 is 9.47 Å². The fourth-order valence-electron chi connectivity index (χ4n) is 4.80. The van der Waals surface area contributed by atoms with E-state index in [2.05, 4.69) is 5.16 Å². The van der Waals surface area contributed by atoms with E-state index in [-0.39, 0.29) is 17.6 Å². The molecule has 2 aliphatic rings. The summed E-state index contributed by atoms with van der Waals surface area (Å²) in [5.41, 5.74) is 2.18. The zero-order valence-corrected chi connectivity index (χ0v) is 19.7. The Morgan fingerprint density at radius 1 is 1.09 bits per heavy atom. The van der Waals surface area contributed by atoms with Crippen molar-refractivity contribution in [2.45, 2.75) is 51.4 Å². The summed E-state index contributed by atoms with van der Waals surface area (Å²) in [5.74, 6) is 2.29. The molecule has 178 valence electrons. The molecule has 0 unspecified atom stereocenters. The third-order valence-corrected chi connectivity index (χ3v) is 6.83. The van der Waals surface area contributed by atoms with E-state index >= 15 is 0 Å². The van der Waals surface area contributed by atoms with E-state index < -0.39 is 0 Å². The summed E-state index contributed by atoms with van der Waals surface area (Å²) in [4.78, 5) is 15.1. The Morgan fingerprint density at radius 2 is 1.85 bits per heavy atom. The van der Waals surface area contributed by atoms with Crippen molar-refractivity contribution in [3.8, 4) is 11.5 Å². The van der Waals surface area contributed by atoms with Gasteiger partial charge in [0.2, 0.25) is 0 Å². The zero-order chi connectivity index (χ0) is 23.5. The number of amides is 1. The standard InChI is InChI=1S/C27H30N2O5/c1-19-25(20(2)34-28-19)18-31-23-10-6-7-21(15-23)26(30)29-13-11-27(12-14-29)16-24(17-32-27)33-22-8-4-3-5-9-22/h3-10,15,24H,11-14,16-18H2,1-2H3/t24-/m0/s1. The van der Waals surface area contributed by atoms with E-state index in [4.69, 9.17) is 18.7 Å². The van der Waals surface area contributed by atoms with Crippen LogP contribution in [-0.4, -0.2) is 47.4 Å². The van der Waals surface area contributed by atoms with E-state index in [1.54, 1.807) is 6.07 Å². The van der Waals surface area contributed by atoms with Gasteiger partial charge in [0.05, 0.1) is 23.5 Å². The van der Waals surface area contributed by atoms with Gasteiger partial charge in [-0.2, -0.15) is 0 Å². The lowest BCUT2D eigenvalue weighted by atomic mass is 9.87. The third-order valence-electron chi connectivity index (χ3n) is 6.83. The van der Waals surface area contributed by atoms with Gasteiger partial charge in [-0.15, -0.1) is 0 Å². The minimum atomic E-state index is -0.199. The van der Waals surface area contributed by atoms with Crippen molar-refractivity contribution >= 4 is 5.91 Å². The Kier molecular flexibility index (Phi) is 6.28. The molecule has 0 bridgehead atoms. The quantitative estimate of drug-likeness (QED) is 0.528. The predicted octanol–water partition coefficient (Wildman–Crippen LogP) is 4.71. The number of likely N-dealkylation sites (tertiary alicyclic amines) is 1. The number of nitrogens with zero attached hydrogens (tertiary/aromatic N) is 2. The molecule has 0 radical (unpaired) electrons. The first-order chi connectivity index (χ1) is 16.5. The van der Waals surface area contributed by atoms with E-state index in [9.17, 15) is 4.79 Å². The number of rotatable bonds is 6. The van der Waals surface area contributed by atoms with Crippen LogP contribution in [-0.2, 0) is 11.3 Å². The van der Waals surface area contributed by atoms with Gasteiger partial charge < -0.3 is 23.6 Å². The molecule has 0 N–H and O–H groups in total. The number of para-hydroxylation sites is 1. The monoisotopic (exact) mass is 462 g/mol. The van der Waals surface area contributed by atoms with Crippen molar-refractivity contribution in [3.63, 3.8) is 0 Å². The van der Waals surface area contributed by atoms with Gasteiger partial charge in [-0.3, -0.25) is 4.79 Å². The lowest BCUT2D eigenvalue weighted by Gasteiger charge is -2.38. The van der Waals surface area contributed by atoms with Gasteiger partial charge >= 0.3 is 0 Å². The number of carbonyl (C=O) groups excluding carboxylic acids is 1. The smallest absolute Gasteiger partial charge is 0.253 e. The van der Waals surface area contributed by atoms with Crippen LogP contribution in [0.15, 0.2) is 59.1 Å². The van der Waals surface area contributed by atoms with Gasteiger partial charge in [0, 0.05) is 25.1 Å². The van der Waals surface area contributed by atoms with E-state index in [1.807, 2.05) is 67.3 Å². The Hall–Kier alpha value is -3.32. The molecule has 2 saturated heterocycles. The predicted molar refractivity (Wildman–Crippen MR) is 126 cm³/mol. The number of piperidine rings is 1. The maximum Gasteiger partial charge on any atom is 0.253 e. The summed E-state index contributed by atoms with van der Waals surface area (Å²) in [7, 11) is 0. The minimum absolute atomic E-state index is 0.0210. The zero-order valence-electron chi connectivity index (χ0n) is 19.7. The van der Waals surface area contributed by atoms with Crippen LogP contribution in [0, 0.1) is 13.8 Å². The molecule has 0 saturated carbocycles. The van der Waals surface area contributed by atoms with Crippen molar-refractivity contribution in [1.29, 1.82) is 0 Å². The summed E-state index contributed by atoms with van der Waals surface area (Å²) >= 11 is 0. The summed E-state index contributed by atoms with van der Waals surface area (Å²) in [6.45, 7) is 6.04. The Morgan fingerprint density at radius 3 is 2.59 bits per heavy atom. The van der Waals surface area contributed by atoms with Crippen molar-refractivity contribution in [2.24, 2.45) is 0 Å². The van der Waals surface area contributed by atoms with Gasteiger partial charge in [-0.05, 0) is 57.0 Å². The molecule has 2 aromatic carbocycles. The van der Waals surface area contributed by atoms with Gasteiger partial charge in [0.1, 0.15) is 30.0 Å². The fourth-order valence-corrected chi connectivity index (χ4v) is 4.80. The molecule has 1 aromatic heterocycles. The lowest BCUT2D eigenvalue weighted by Crippen LogP contribution is -2.46. The summed E-state index contributed by atoms with van der Waals surface area (Å²) < 4.78 is 23.4. The SMILES string of the molecule is Cc1noc(C)c1COc1cccc(C(=O)N2CCC3(CC2)C[C@H](Oc2ccccc2)CO3)c1. The molecule has 1 atom stereocenters.